The molecule has 4 nitrogen and oxygen atoms in total. The van der Waals surface area contributed by atoms with E-state index in [4.69, 9.17) is 14.0 Å². The van der Waals surface area contributed by atoms with Crippen molar-refractivity contribution >= 4 is 11.0 Å². The molecule has 0 aliphatic rings. The van der Waals surface area contributed by atoms with E-state index in [0.717, 1.165) is 16.6 Å². The Labute approximate surface area is 110 Å². The van der Waals surface area contributed by atoms with E-state index in [2.05, 4.69) is 5.16 Å². The third kappa shape index (κ3) is 1.81. The number of nitrogens with zero attached hydrogens (tertiary/aromatic N) is 1. The fourth-order valence-electron chi connectivity index (χ4n) is 2.12. The molecule has 0 fully saturated rings. The van der Waals surface area contributed by atoms with Crippen molar-refractivity contribution in [3.8, 4) is 22.8 Å². The number of hydrogen-bond acceptors (Lipinski definition) is 4. The van der Waals surface area contributed by atoms with Gasteiger partial charge in [-0.05, 0) is 12.1 Å². The maximum absolute atomic E-state index is 5.41. The lowest BCUT2D eigenvalue weighted by Crippen LogP contribution is -1.90. The number of benzene rings is 2. The Kier molecular flexibility index (Phi) is 2.83. The molecule has 2 aromatic carbocycles. The molecular formula is C15H13NO3. The van der Waals surface area contributed by atoms with Crippen LogP contribution in [0, 0.1) is 0 Å². The lowest BCUT2D eigenvalue weighted by molar-refractivity contribution is 0.348. The minimum Gasteiger partial charge on any atom is -0.493 e. The molecule has 0 saturated carbocycles. The van der Waals surface area contributed by atoms with E-state index in [1.54, 1.807) is 14.2 Å². The Morgan fingerprint density at radius 1 is 0.947 bits per heavy atom. The summed E-state index contributed by atoms with van der Waals surface area (Å²) in [6.07, 6.45) is 0. The van der Waals surface area contributed by atoms with Gasteiger partial charge in [-0.2, -0.15) is 0 Å². The Hall–Kier alpha value is -2.49. The van der Waals surface area contributed by atoms with E-state index in [1.165, 1.54) is 0 Å². The molecule has 0 aliphatic carbocycles. The predicted octanol–water partition coefficient (Wildman–Crippen LogP) is 3.51. The molecule has 19 heavy (non-hydrogen) atoms. The van der Waals surface area contributed by atoms with Gasteiger partial charge in [0.2, 0.25) is 11.3 Å². The van der Waals surface area contributed by atoms with Crippen LogP contribution in [0.3, 0.4) is 0 Å². The first-order valence-corrected chi connectivity index (χ1v) is 5.91. The summed E-state index contributed by atoms with van der Waals surface area (Å²) in [6.45, 7) is 0. The first-order chi connectivity index (χ1) is 9.35. The summed E-state index contributed by atoms with van der Waals surface area (Å²) in [5.74, 6) is 1.19. The smallest absolute Gasteiger partial charge is 0.213 e. The third-order valence-corrected chi connectivity index (χ3v) is 3.03. The fraction of sp³-hybridized carbons (Fsp3) is 0.133. The second-order valence-electron chi connectivity index (χ2n) is 4.07. The van der Waals surface area contributed by atoms with E-state index in [0.29, 0.717) is 17.1 Å². The molecule has 0 unspecified atom stereocenters. The second-order valence-corrected chi connectivity index (χ2v) is 4.07. The minimum absolute atomic E-state index is 0.565. The summed E-state index contributed by atoms with van der Waals surface area (Å²) in [5.41, 5.74) is 2.41. The van der Waals surface area contributed by atoms with Crippen molar-refractivity contribution in [2.75, 3.05) is 14.2 Å². The molecule has 3 aromatic rings. The van der Waals surface area contributed by atoms with Crippen LogP contribution < -0.4 is 9.47 Å². The van der Waals surface area contributed by atoms with Crippen LogP contribution in [0.4, 0.5) is 0 Å². The first-order valence-electron chi connectivity index (χ1n) is 5.91. The summed E-state index contributed by atoms with van der Waals surface area (Å²) < 4.78 is 16.0. The Bertz CT molecular complexity index is 704. The van der Waals surface area contributed by atoms with Crippen molar-refractivity contribution in [2.24, 2.45) is 0 Å². The monoisotopic (exact) mass is 255 g/mol. The number of rotatable bonds is 3. The molecule has 0 amide bonds. The van der Waals surface area contributed by atoms with Crippen LogP contribution in [-0.2, 0) is 0 Å². The highest BCUT2D eigenvalue weighted by atomic mass is 16.5. The number of ether oxygens (including phenoxy) is 2. The van der Waals surface area contributed by atoms with Crippen molar-refractivity contribution in [3.63, 3.8) is 0 Å². The third-order valence-electron chi connectivity index (χ3n) is 3.03. The van der Waals surface area contributed by atoms with Crippen LogP contribution in [0.15, 0.2) is 47.0 Å². The second kappa shape index (κ2) is 4.65. The molecule has 1 aromatic heterocycles. The van der Waals surface area contributed by atoms with Crippen molar-refractivity contribution in [3.05, 3.63) is 42.5 Å². The molecule has 0 saturated heterocycles. The van der Waals surface area contributed by atoms with Gasteiger partial charge in [-0.3, -0.25) is 0 Å². The molecule has 1 heterocycles. The quantitative estimate of drug-likeness (QED) is 0.718. The van der Waals surface area contributed by atoms with Gasteiger partial charge in [-0.25, -0.2) is 0 Å². The Morgan fingerprint density at radius 2 is 1.74 bits per heavy atom. The van der Waals surface area contributed by atoms with Crippen molar-refractivity contribution in [2.45, 2.75) is 0 Å². The summed E-state index contributed by atoms with van der Waals surface area (Å²) in [7, 11) is 3.18. The molecule has 0 bridgehead atoms. The van der Waals surface area contributed by atoms with Crippen LogP contribution in [0.25, 0.3) is 22.2 Å². The summed E-state index contributed by atoms with van der Waals surface area (Å²) in [6, 6.07) is 13.7. The molecular weight excluding hydrogens is 242 g/mol. The molecule has 4 heteroatoms. The predicted molar refractivity (Wildman–Crippen MR) is 72.5 cm³/mol. The normalized spacial score (nSPS) is 10.6. The average molecular weight is 255 g/mol. The van der Waals surface area contributed by atoms with Crippen molar-refractivity contribution in [1.82, 2.24) is 5.16 Å². The van der Waals surface area contributed by atoms with Crippen LogP contribution in [0.2, 0.25) is 0 Å². The van der Waals surface area contributed by atoms with E-state index in [9.17, 15) is 0 Å². The minimum atomic E-state index is 0.565. The van der Waals surface area contributed by atoms with E-state index >= 15 is 0 Å². The Morgan fingerprint density at radius 3 is 2.42 bits per heavy atom. The van der Waals surface area contributed by atoms with Crippen LogP contribution in [-0.4, -0.2) is 19.4 Å². The zero-order valence-electron chi connectivity index (χ0n) is 10.7. The van der Waals surface area contributed by atoms with Gasteiger partial charge in [0.25, 0.3) is 0 Å². The fourth-order valence-corrected chi connectivity index (χ4v) is 2.12. The molecule has 0 atom stereocenters. The van der Waals surface area contributed by atoms with Gasteiger partial charge in [0, 0.05) is 5.56 Å². The van der Waals surface area contributed by atoms with E-state index in [1.807, 2.05) is 42.5 Å². The molecule has 0 spiro atoms. The highest BCUT2D eigenvalue weighted by molar-refractivity contribution is 5.96. The van der Waals surface area contributed by atoms with Crippen LogP contribution in [0.1, 0.15) is 0 Å². The molecule has 96 valence electrons. The van der Waals surface area contributed by atoms with Crippen molar-refractivity contribution in [1.29, 1.82) is 0 Å². The van der Waals surface area contributed by atoms with Crippen LogP contribution >= 0.6 is 0 Å². The van der Waals surface area contributed by atoms with Gasteiger partial charge in [0.15, 0.2) is 5.75 Å². The van der Waals surface area contributed by atoms with Gasteiger partial charge < -0.3 is 14.0 Å². The first kappa shape index (κ1) is 11.6. The number of fused-ring (bicyclic) bond motifs is 1. The van der Waals surface area contributed by atoms with E-state index in [-0.39, 0.29) is 0 Å². The summed E-state index contributed by atoms with van der Waals surface area (Å²) in [4.78, 5) is 0. The van der Waals surface area contributed by atoms with Crippen molar-refractivity contribution < 1.29 is 14.0 Å². The van der Waals surface area contributed by atoms with Crippen LogP contribution in [0.5, 0.6) is 11.5 Å². The topological polar surface area (TPSA) is 44.5 Å². The summed E-state index contributed by atoms with van der Waals surface area (Å²) in [5, 5.41) is 5.05. The number of hydrogen-bond donors (Lipinski definition) is 0. The number of aromatic nitrogens is 1. The SMILES string of the molecule is COc1ccc2c(-c3ccccc3)noc2c1OC. The molecule has 0 N–H and O–H groups in total. The van der Waals surface area contributed by atoms with E-state index < -0.39 is 0 Å². The summed E-state index contributed by atoms with van der Waals surface area (Å²) >= 11 is 0. The maximum Gasteiger partial charge on any atom is 0.213 e. The standard InChI is InChI=1S/C15H13NO3/c1-17-12-9-8-11-13(10-6-4-3-5-7-10)16-19-14(11)15(12)18-2/h3-9H,1-2H3. The molecule has 0 aliphatic heterocycles. The van der Waals surface area contributed by atoms with Gasteiger partial charge >= 0.3 is 0 Å². The average Bonchev–Trinajstić information content (AvgIpc) is 2.91. The largest absolute Gasteiger partial charge is 0.493 e. The van der Waals surface area contributed by atoms with Gasteiger partial charge in [0.05, 0.1) is 19.6 Å². The van der Waals surface area contributed by atoms with Gasteiger partial charge in [-0.1, -0.05) is 35.5 Å². The molecule has 3 rings (SSSR count). The maximum atomic E-state index is 5.41. The zero-order chi connectivity index (χ0) is 13.2. The molecule has 0 radical (unpaired) electrons. The van der Waals surface area contributed by atoms with Gasteiger partial charge in [-0.15, -0.1) is 0 Å². The number of methoxy groups -OCH3 is 2. The van der Waals surface area contributed by atoms with Gasteiger partial charge in [0.1, 0.15) is 5.69 Å². The Balaban J connectivity index is 2.25. The lowest BCUT2D eigenvalue weighted by atomic mass is 10.1. The zero-order valence-corrected chi connectivity index (χ0v) is 10.7. The lowest BCUT2D eigenvalue weighted by Gasteiger charge is -2.06. The highest BCUT2D eigenvalue weighted by Crippen LogP contribution is 2.39. The highest BCUT2D eigenvalue weighted by Gasteiger charge is 2.17.